The van der Waals surface area contributed by atoms with E-state index in [9.17, 15) is 4.79 Å². The predicted octanol–water partition coefficient (Wildman–Crippen LogP) is 3.07. The Morgan fingerprint density at radius 3 is 2.75 bits per heavy atom. The van der Waals surface area contributed by atoms with Crippen molar-refractivity contribution in [3.8, 4) is 0 Å². The third-order valence-corrected chi connectivity index (χ3v) is 4.01. The van der Waals surface area contributed by atoms with Crippen molar-refractivity contribution < 1.29 is 9.37 Å². The van der Waals surface area contributed by atoms with Crippen LogP contribution in [-0.2, 0) is 4.79 Å². The number of nitrogens with zero attached hydrogens (tertiary/aromatic N) is 1. The van der Waals surface area contributed by atoms with E-state index in [1.165, 1.54) is 17.0 Å². The van der Waals surface area contributed by atoms with Crippen LogP contribution in [0.25, 0.3) is 0 Å². The third kappa shape index (κ3) is 4.12. The molecular weight excluding hydrogens is 218 g/mol. The molecule has 0 saturated heterocycles. The molecule has 1 aliphatic rings. The number of carbonyl (C=O) groups excluding carboxylic acids is 1. The Bertz CT molecular complexity index is 327. The van der Waals surface area contributed by atoms with Crippen LogP contribution < -0.4 is 0 Å². The highest BCUT2D eigenvalue weighted by molar-refractivity contribution is 8.14. The Kier molecular flexibility index (Phi) is 5.26. The maximum atomic E-state index is 11.3. The van der Waals surface area contributed by atoms with Gasteiger partial charge in [0.15, 0.2) is 0 Å². The lowest BCUT2D eigenvalue weighted by molar-refractivity contribution is -0.412. The van der Waals surface area contributed by atoms with Gasteiger partial charge in [0.05, 0.1) is 0 Å². The van der Waals surface area contributed by atoms with Gasteiger partial charge in [-0.05, 0) is 44.4 Å². The van der Waals surface area contributed by atoms with Crippen LogP contribution in [0.1, 0.15) is 40.0 Å². The SMILES string of the molecule is CC(C)=CCCC(C)CC1=[N+](C)C(=O)CS1. The second-order valence-corrected chi connectivity index (χ2v) is 5.85. The second-order valence-electron chi connectivity index (χ2n) is 4.80. The summed E-state index contributed by atoms with van der Waals surface area (Å²) in [6.45, 7) is 6.54. The number of allylic oxidation sites excluding steroid dienone is 2. The average Bonchev–Trinajstić information content (AvgIpc) is 2.49. The number of rotatable bonds is 5. The van der Waals surface area contributed by atoms with E-state index in [2.05, 4.69) is 26.8 Å². The summed E-state index contributed by atoms with van der Waals surface area (Å²) < 4.78 is 1.82. The highest BCUT2D eigenvalue weighted by atomic mass is 32.2. The van der Waals surface area contributed by atoms with E-state index >= 15 is 0 Å². The topological polar surface area (TPSA) is 20.1 Å². The minimum atomic E-state index is 0.247. The van der Waals surface area contributed by atoms with E-state index in [4.69, 9.17) is 0 Å². The Morgan fingerprint density at radius 2 is 2.25 bits per heavy atom. The Labute approximate surface area is 103 Å². The van der Waals surface area contributed by atoms with Gasteiger partial charge in [0.2, 0.25) is 5.04 Å². The lowest BCUT2D eigenvalue weighted by atomic mass is 10.0. The van der Waals surface area contributed by atoms with Crippen LogP contribution in [0.2, 0.25) is 0 Å². The van der Waals surface area contributed by atoms with Crippen molar-refractivity contribution in [1.29, 1.82) is 0 Å². The first-order valence-corrected chi connectivity index (χ1v) is 6.87. The van der Waals surface area contributed by atoms with Crippen molar-refractivity contribution >= 4 is 22.7 Å². The minimum absolute atomic E-state index is 0.247. The molecule has 1 atom stereocenters. The molecule has 0 aromatic carbocycles. The monoisotopic (exact) mass is 240 g/mol. The number of carbonyl (C=O) groups is 1. The van der Waals surface area contributed by atoms with E-state index in [0.29, 0.717) is 11.7 Å². The Balaban J connectivity index is 2.37. The zero-order valence-electron chi connectivity index (χ0n) is 10.7. The molecule has 3 heteroatoms. The van der Waals surface area contributed by atoms with E-state index in [1.807, 2.05) is 11.6 Å². The molecule has 1 rings (SSSR count). The van der Waals surface area contributed by atoms with Gasteiger partial charge in [0.1, 0.15) is 12.8 Å². The van der Waals surface area contributed by atoms with Gasteiger partial charge in [0.25, 0.3) is 0 Å². The average molecular weight is 240 g/mol. The van der Waals surface area contributed by atoms with Crippen LogP contribution in [-0.4, -0.2) is 28.3 Å². The quantitative estimate of drug-likeness (QED) is 0.543. The Morgan fingerprint density at radius 1 is 1.56 bits per heavy atom. The molecule has 0 aliphatic carbocycles. The zero-order chi connectivity index (χ0) is 12.1. The Hall–Kier alpha value is -0.570. The fraction of sp³-hybridized carbons (Fsp3) is 0.692. The molecule has 16 heavy (non-hydrogen) atoms. The molecule has 0 aromatic rings. The normalized spacial score (nSPS) is 17.9. The van der Waals surface area contributed by atoms with Crippen LogP contribution in [0, 0.1) is 5.92 Å². The van der Waals surface area contributed by atoms with Crippen molar-refractivity contribution in [2.24, 2.45) is 5.92 Å². The summed E-state index contributed by atoms with van der Waals surface area (Å²) in [7, 11) is 1.89. The minimum Gasteiger partial charge on any atom is -0.219 e. The molecule has 90 valence electrons. The maximum absolute atomic E-state index is 11.3. The molecule has 0 N–H and O–H groups in total. The van der Waals surface area contributed by atoms with Crippen molar-refractivity contribution in [2.45, 2.75) is 40.0 Å². The van der Waals surface area contributed by atoms with E-state index in [1.54, 1.807) is 11.8 Å². The first-order valence-electron chi connectivity index (χ1n) is 5.89. The standard InChI is InChI=1S/C13H22NOS/c1-10(2)6-5-7-11(3)8-13-14(4)12(15)9-16-13/h6,11H,5,7-9H2,1-4H3/q+1. The molecule has 0 fully saturated rings. The van der Waals surface area contributed by atoms with Gasteiger partial charge in [-0.2, -0.15) is 4.58 Å². The highest BCUT2D eigenvalue weighted by Crippen LogP contribution is 2.21. The molecule has 0 spiro atoms. The van der Waals surface area contributed by atoms with Gasteiger partial charge in [-0.1, -0.05) is 18.6 Å². The molecule has 1 heterocycles. The van der Waals surface area contributed by atoms with Crippen LogP contribution in [0.4, 0.5) is 0 Å². The summed E-state index contributed by atoms with van der Waals surface area (Å²) in [4.78, 5) is 11.3. The fourth-order valence-corrected chi connectivity index (χ4v) is 2.91. The maximum Gasteiger partial charge on any atom is 0.397 e. The lowest BCUT2D eigenvalue weighted by Gasteiger charge is -2.07. The zero-order valence-corrected chi connectivity index (χ0v) is 11.6. The number of thioether (sulfide) groups is 1. The summed E-state index contributed by atoms with van der Waals surface area (Å²) >= 11 is 1.70. The molecular formula is C13H22NOS+. The van der Waals surface area contributed by atoms with Gasteiger partial charge in [0, 0.05) is 6.42 Å². The van der Waals surface area contributed by atoms with Crippen molar-refractivity contribution in [1.82, 2.24) is 0 Å². The van der Waals surface area contributed by atoms with Crippen molar-refractivity contribution in [3.63, 3.8) is 0 Å². The van der Waals surface area contributed by atoms with E-state index in [-0.39, 0.29) is 5.91 Å². The summed E-state index contributed by atoms with van der Waals surface area (Å²) in [6.07, 6.45) is 5.69. The van der Waals surface area contributed by atoms with Crippen molar-refractivity contribution in [3.05, 3.63) is 11.6 Å². The van der Waals surface area contributed by atoms with Gasteiger partial charge >= 0.3 is 5.91 Å². The smallest absolute Gasteiger partial charge is 0.219 e. The molecule has 2 nitrogen and oxygen atoms in total. The van der Waals surface area contributed by atoms with Gasteiger partial charge in [-0.3, -0.25) is 0 Å². The number of hydrogen-bond donors (Lipinski definition) is 0. The fourth-order valence-electron chi connectivity index (χ4n) is 1.73. The molecule has 0 bridgehead atoms. The van der Waals surface area contributed by atoms with Gasteiger partial charge in [-0.15, -0.1) is 0 Å². The molecule has 0 saturated carbocycles. The summed E-state index contributed by atoms with van der Waals surface area (Å²) in [5, 5.41) is 1.25. The van der Waals surface area contributed by atoms with Crippen LogP contribution in [0.3, 0.4) is 0 Å². The molecule has 0 aromatic heterocycles. The first-order chi connectivity index (χ1) is 7.50. The molecule has 1 amide bonds. The predicted molar refractivity (Wildman–Crippen MR) is 71.1 cm³/mol. The molecule has 1 unspecified atom stereocenters. The van der Waals surface area contributed by atoms with Crippen molar-refractivity contribution in [2.75, 3.05) is 12.8 Å². The molecule has 0 radical (unpaired) electrons. The number of amides is 1. The van der Waals surface area contributed by atoms with E-state index < -0.39 is 0 Å². The summed E-state index contributed by atoms with van der Waals surface area (Å²) in [5.74, 6) is 1.54. The van der Waals surface area contributed by atoms with Crippen LogP contribution in [0.15, 0.2) is 11.6 Å². The third-order valence-electron chi connectivity index (χ3n) is 2.85. The van der Waals surface area contributed by atoms with E-state index in [0.717, 1.165) is 12.8 Å². The first kappa shape index (κ1) is 13.5. The van der Waals surface area contributed by atoms with Gasteiger partial charge < -0.3 is 0 Å². The van der Waals surface area contributed by atoms with Crippen LogP contribution in [0.5, 0.6) is 0 Å². The van der Waals surface area contributed by atoms with Gasteiger partial charge in [-0.25, -0.2) is 4.79 Å². The second kappa shape index (κ2) is 6.24. The largest absolute Gasteiger partial charge is 0.397 e. The highest BCUT2D eigenvalue weighted by Gasteiger charge is 2.29. The molecule has 1 aliphatic heterocycles. The summed E-state index contributed by atoms with van der Waals surface area (Å²) in [6, 6.07) is 0. The van der Waals surface area contributed by atoms with Crippen LogP contribution >= 0.6 is 11.8 Å². The summed E-state index contributed by atoms with van der Waals surface area (Å²) in [5.41, 5.74) is 1.39. The number of hydrogen-bond acceptors (Lipinski definition) is 2. The lowest BCUT2D eigenvalue weighted by Crippen LogP contribution is -2.17.